The molecule has 18 heteroatoms. The Morgan fingerprint density at radius 2 is 1.81 bits per heavy atom. The van der Waals surface area contributed by atoms with Crippen molar-refractivity contribution >= 4 is 46.5 Å². The molecule has 2 aromatic heterocycles. The molecule has 1 aliphatic heterocycles. The van der Waals surface area contributed by atoms with E-state index < -0.39 is 65.3 Å². The van der Waals surface area contributed by atoms with E-state index in [1.54, 1.807) is 32.0 Å². The van der Waals surface area contributed by atoms with Gasteiger partial charge in [0.1, 0.15) is 23.2 Å². The van der Waals surface area contributed by atoms with Gasteiger partial charge in [0.25, 0.3) is 11.8 Å². The van der Waals surface area contributed by atoms with Crippen LogP contribution in [-0.2, 0) is 24.8 Å². The number of hydrogen-bond donors (Lipinski definition) is 7. The molecule has 1 saturated heterocycles. The molecule has 1 saturated carbocycles. The number of aromatic nitrogens is 5. The van der Waals surface area contributed by atoms with Crippen LogP contribution < -0.4 is 21.7 Å². The predicted octanol–water partition coefficient (Wildman–Crippen LogP) is 1.27. The average molecular weight is 737 g/mol. The summed E-state index contributed by atoms with van der Waals surface area (Å²) in [5.41, 5.74) is 5.69. The second-order valence-corrected chi connectivity index (χ2v) is 14.4. The molecule has 2 unspecified atom stereocenters. The van der Waals surface area contributed by atoms with Crippen molar-refractivity contribution in [1.29, 1.82) is 0 Å². The molecule has 8 N–H and O–H groups in total. The number of imidazole rings is 1. The zero-order valence-electron chi connectivity index (χ0n) is 29.9. The Morgan fingerprint density at radius 1 is 1.06 bits per heavy atom. The van der Waals surface area contributed by atoms with Crippen LogP contribution in [0.4, 0.5) is 4.79 Å². The van der Waals surface area contributed by atoms with Crippen LogP contribution in [0.15, 0.2) is 30.7 Å². The van der Waals surface area contributed by atoms with Crippen LogP contribution in [-0.4, -0.2) is 107 Å². The Labute approximate surface area is 305 Å². The van der Waals surface area contributed by atoms with Gasteiger partial charge in [0.05, 0.1) is 41.4 Å². The number of benzene rings is 1. The second kappa shape index (κ2) is 17.0. The lowest BCUT2D eigenvalue weighted by atomic mass is 9.84. The summed E-state index contributed by atoms with van der Waals surface area (Å²) in [7, 11) is 0. The number of aromatic amines is 1. The molecule has 286 valence electrons. The largest absolute Gasteiger partial charge is 0.465 e. The van der Waals surface area contributed by atoms with Gasteiger partial charge in [0, 0.05) is 19.5 Å². The number of aliphatic hydroxyl groups is 1. The lowest BCUT2D eigenvalue weighted by molar-refractivity contribution is -0.142. The van der Waals surface area contributed by atoms with Crippen molar-refractivity contribution in [2.45, 2.75) is 108 Å². The average Bonchev–Trinajstić information content (AvgIpc) is 3.90. The van der Waals surface area contributed by atoms with Crippen molar-refractivity contribution in [3.05, 3.63) is 42.0 Å². The van der Waals surface area contributed by atoms with Crippen LogP contribution in [0, 0.1) is 5.92 Å². The minimum absolute atomic E-state index is 0.00999. The zero-order chi connectivity index (χ0) is 38.3. The highest BCUT2D eigenvalue weighted by atomic mass is 16.4. The molecule has 1 aromatic carbocycles. The SMILES string of the molecule is CC(C)(O)c1cnnn1[C@H]1C[C@@H](C(=O)NC(CCCCNC(=O)O)C(=O)C(N)=O)N(C(=O)C(CC2CCCCC2)NC(=O)c2cccc3[nH]cnc23)C1. The third-order valence-corrected chi connectivity index (χ3v) is 10.1. The molecule has 2 fully saturated rings. The summed E-state index contributed by atoms with van der Waals surface area (Å²) in [6, 6.07) is 0.961. The number of ketones is 1. The van der Waals surface area contributed by atoms with Gasteiger partial charge in [0.2, 0.25) is 17.6 Å². The van der Waals surface area contributed by atoms with Gasteiger partial charge in [-0.05, 0) is 57.6 Å². The molecule has 3 aromatic rings. The fraction of sp³-hybridized carbons (Fsp3) is 0.571. The molecule has 5 amide bonds. The number of carbonyl (C=O) groups is 6. The first kappa shape index (κ1) is 38.8. The highest BCUT2D eigenvalue weighted by molar-refractivity contribution is 6.37. The van der Waals surface area contributed by atoms with E-state index in [1.165, 1.54) is 22.1 Å². The molecule has 0 spiro atoms. The third-order valence-electron chi connectivity index (χ3n) is 10.1. The molecule has 53 heavy (non-hydrogen) atoms. The summed E-state index contributed by atoms with van der Waals surface area (Å²) in [6.07, 6.45) is 7.45. The van der Waals surface area contributed by atoms with Gasteiger partial charge < -0.3 is 41.8 Å². The van der Waals surface area contributed by atoms with Crippen molar-refractivity contribution < 1.29 is 39.0 Å². The van der Waals surface area contributed by atoms with Crippen LogP contribution in [0.5, 0.6) is 0 Å². The molecule has 4 atom stereocenters. The van der Waals surface area contributed by atoms with Gasteiger partial charge in [-0.15, -0.1) is 5.10 Å². The molecule has 3 heterocycles. The van der Waals surface area contributed by atoms with Gasteiger partial charge in [-0.25, -0.2) is 14.5 Å². The number of carboxylic acid groups (broad SMARTS) is 1. The number of nitrogens with two attached hydrogens (primary N) is 1. The number of hydrogen-bond acceptors (Lipinski definition) is 10. The fourth-order valence-corrected chi connectivity index (χ4v) is 7.37. The number of primary amides is 1. The minimum Gasteiger partial charge on any atom is -0.465 e. The van der Waals surface area contributed by atoms with E-state index in [0.717, 1.165) is 32.1 Å². The van der Waals surface area contributed by atoms with Gasteiger partial charge in [-0.1, -0.05) is 43.4 Å². The topological polar surface area (TPSA) is 268 Å². The lowest BCUT2D eigenvalue weighted by Gasteiger charge is -2.32. The van der Waals surface area contributed by atoms with E-state index in [4.69, 9.17) is 10.8 Å². The van der Waals surface area contributed by atoms with Crippen LogP contribution in [0.2, 0.25) is 0 Å². The summed E-state index contributed by atoms with van der Waals surface area (Å²) in [6.45, 7) is 3.18. The monoisotopic (exact) mass is 736 g/mol. The Morgan fingerprint density at radius 3 is 2.51 bits per heavy atom. The molecular weight excluding hydrogens is 688 g/mol. The number of para-hydroxylation sites is 1. The van der Waals surface area contributed by atoms with Gasteiger partial charge in [-0.2, -0.15) is 0 Å². The third kappa shape index (κ3) is 9.54. The van der Waals surface area contributed by atoms with Crippen molar-refractivity contribution in [2.24, 2.45) is 11.7 Å². The molecule has 1 aliphatic carbocycles. The summed E-state index contributed by atoms with van der Waals surface area (Å²) >= 11 is 0. The maximum Gasteiger partial charge on any atom is 0.404 e. The number of amides is 5. The maximum absolute atomic E-state index is 14.8. The van der Waals surface area contributed by atoms with E-state index in [2.05, 4.69) is 36.2 Å². The lowest BCUT2D eigenvalue weighted by Crippen LogP contribution is -2.56. The van der Waals surface area contributed by atoms with E-state index in [9.17, 15) is 33.9 Å². The number of nitrogens with zero attached hydrogens (tertiary/aromatic N) is 5. The smallest absolute Gasteiger partial charge is 0.404 e. The van der Waals surface area contributed by atoms with Crippen LogP contribution in [0.1, 0.15) is 100 Å². The van der Waals surface area contributed by atoms with Gasteiger partial charge >= 0.3 is 6.09 Å². The highest BCUT2D eigenvalue weighted by Crippen LogP contribution is 2.33. The molecule has 2 aliphatic rings. The first-order chi connectivity index (χ1) is 25.2. The first-order valence-corrected chi connectivity index (χ1v) is 18.0. The Hall–Kier alpha value is -5.39. The number of likely N-dealkylation sites (tertiary alicyclic amines) is 1. The van der Waals surface area contributed by atoms with Gasteiger partial charge in [0.15, 0.2) is 0 Å². The van der Waals surface area contributed by atoms with E-state index >= 15 is 0 Å². The second-order valence-electron chi connectivity index (χ2n) is 14.4. The summed E-state index contributed by atoms with van der Waals surface area (Å²) in [5.74, 6) is -3.88. The summed E-state index contributed by atoms with van der Waals surface area (Å²) in [4.78, 5) is 87.0. The van der Waals surface area contributed by atoms with E-state index in [0.29, 0.717) is 29.6 Å². The summed E-state index contributed by atoms with van der Waals surface area (Å²) < 4.78 is 1.47. The molecule has 0 bridgehead atoms. The normalized spacial score (nSPS) is 19.0. The number of fused-ring (bicyclic) bond motifs is 1. The minimum atomic E-state index is -1.36. The standard InChI is InChI=1S/C35H48N10O8/c1-35(2,53)27-17-40-43-45(27)21-16-26(32(49)41-24(29(46)30(36)47)12-6-7-14-37-34(51)52)44(18-21)33(50)25(15-20-9-4-3-5-10-20)42-31(48)22-11-8-13-23-28(22)39-19-38-23/h8,11,13,17,19-21,24-26,37,53H,3-7,9-10,12,14-16,18H2,1-2H3,(H2,36,47)(H,38,39)(H,41,49)(H,42,48)(H,51,52)/t21-,24?,25?,26-/m0/s1. The molecular formula is C35H48N10O8. The number of nitrogens with one attached hydrogen (secondary N) is 4. The van der Waals surface area contributed by atoms with Crippen LogP contribution >= 0.6 is 0 Å². The molecule has 0 radical (unpaired) electrons. The van der Waals surface area contributed by atoms with E-state index in [-0.39, 0.29) is 43.8 Å². The quantitative estimate of drug-likeness (QED) is 0.0813. The fourth-order valence-electron chi connectivity index (χ4n) is 7.37. The number of unbranched alkanes of at least 4 members (excludes halogenated alkanes) is 1. The Kier molecular flexibility index (Phi) is 12.4. The maximum atomic E-state index is 14.8. The Balaban J connectivity index is 1.44. The molecule has 5 rings (SSSR count). The number of carbonyl (C=O) groups excluding carboxylic acids is 5. The number of Topliss-reactive ketones (excluding diaryl/α,β-unsaturated/α-hetero) is 1. The summed E-state index contributed by atoms with van der Waals surface area (Å²) in [5, 5.41) is 35.7. The predicted molar refractivity (Wildman–Crippen MR) is 189 cm³/mol. The zero-order valence-corrected chi connectivity index (χ0v) is 29.9. The number of H-pyrrole nitrogens is 1. The van der Waals surface area contributed by atoms with Crippen LogP contribution in [0.25, 0.3) is 11.0 Å². The van der Waals surface area contributed by atoms with Crippen molar-refractivity contribution in [3.63, 3.8) is 0 Å². The molecule has 18 nitrogen and oxygen atoms in total. The van der Waals surface area contributed by atoms with Crippen LogP contribution in [0.3, 0.4) is 0 Å². The van der Waals surface area contributed by atoms with Crippen molar-refractivity contribution in [1.82, 2.24) is 45.8 Å². The van der Waals surface area contributed by atoms with Crippen molar-refractivity contribution in [2.75, 3.05) is 13.1 Å². The van der Waals surface area contributed by atoms with E-state index in [1.807, 2.05) is 0 Å². The first-order valence-electron chi connectivity index (χ1n) is 18.0. The number of rotatable bonds is 16. The highest BCUT2D eigenvalue weighted by Gasteiger charge is 2.45. The Bertz CT molecular complexity index is 1810. The van der Waals surface area contributed by atoms with Gasteiger partial charge in [-0.3, -0.25) is 24.0 Å². The van der Waals surface area contributed by atoms with Crippen molar-refractivity contribution in [3.8, 4) is 0 Å².